The molecule has 0 saturated carbocycles. The summed E-state index contributed by atoms with van der Waals surface area (Å²) in [6, 6.07) is 0. The van der Waals surface area contributed by atoms with E-state index in [2.05, 4.69) is 5.73 Å². The van der Waals surface area contributed by atoms with E-state index in [4.69, 9.17) is 4.74 Å². The number of hydrogen-bond acceptors (Lipinski definition) is 2. The first kappa shape index (κ1) is 5.92. The highest BCUT2D eigenvalue weighted by molar-refractivity contribution is 4.41. The Labute approximate surface area is 38.3 Å². The molecule has 0 bridgehead atoms. The van der Waals surface area contributed by atoms with Gasteiger partial charge in [-0.3, -0.25) is 0 Å². The van der Waals surface area contributed by atoms with Crippen molar-refractivity contribution in [3.63, 3.8) is 0 Å². The average Bonchev–Trinajstić information content (AvgIpc) is 1.36. The Kier molecular flexibility index (Phi) is 4.85. The lowest BCUT2D eigenvalue weighted by Gasteiger charge is -2.09. The van der Waals surface area contributed by atoms with Gasteiger partial charge in [-0.1, -0.05) is 0 Å². The fraction of sp³-hybridized carbons (Fsp3) is 1.00. The van der Waals surface area contributed by atoms with Crippen LogP contribution in [0, 0.1) is 0 Å². The molecule has 0 aromatic carbocycles. The highest BCUT2D eigenvalue weighted by Crippen LogP contribution is 1.92. The molecule has 6 heavy (non-hydrogen) atoms. The molecule has 1 heterocycles. The van der Waals surface area contributed by atoms with E-state index in [1.165, 1.54) is 13.5 Å². The Morgan fingerprint density at radius 1 is 1.33 bits per heavy atom. The van der Waals surface area contributed by atoms with Crippen LogP contribution < -0.4 is 5.73 Å². The van der Waals surface area contributed by atoms with Crippen LogP contribution in [0.5, 0.6) is 0 Å². The van der Waals surface area contributed by atoms with E-state index in [0.29, 0.717) is 0 Å². The first-order chi connectivity index (χ1) is 3.00. The summed E-state index contributed by atoms with van der Waals surface area (Å²) in [6.07, 6.45) is 1.28. The average molecular weight is 89.1 g/mol. The molecule has 1 aliphatic heterocycles. The summed E-state index contributed by atoms with van der Waals surface area (Å²) < 4.78 is 4.72. The molecule has 2 N–H and O–H groups in total. The molecule has 0 aromatic rings. The third kappa shape index (κ3) is 2.18. The lowest BCUT2D eigenvalue weighted by atomic mass is 10.4. The van der Waals surface area contributed by atoms with Crippen LogP contribution in [0.25, 0.3) is 0 Å². The molecule has 1 fully saturated rings. The molecule has 1 saturated heterocycles. The highest BCUT2D eigenvalue weighted by Gasteiger charge is 1.94. The Morgan fingerprint density at radius 3 is 1.50 bits per heavy atom. The topological polar surface area (TPSA) is 35.2 Å². The zero-order chi connectivity index (χ0) is 4.83. The van der Waals surface area contributed by atoms with Crippen molar-refractivity contribution in [1.29, 1.82) is 0 Å². The van der Waals surface area contributed by atoms with Crippen molar-refractivity contribution in [2.45, 2.75) is 6.42 Å². The third-order valence-electron chi connectivity index (χ3n) is 0.577. The monoisotopic (exact) mass is 89.1 g/mol. The summed E-state index contributed by atoms with van der Waals surface area (Å²) in [5, 5.41) is 0. The van der Waals surface area contributed by atoms with Gasteiger partial charge in [-0.15, -0.1) is 0 Å². The standard InChI is InChI=1S/C3H6O.CH5N/c1-2-4-3-1;1-2/h1-3H2;2H2,1H3. The van der Waals surface area contributed by atoms with Crippen LogP contribution in [0.2, 0.25) is 0 Å². The maximum atomic E-state index is 4.72. The van der Waals surface area contributed by atoms with Gasteiger partial charge in [-0.05, 0) is 13.5 Å². The minimum Gasteiger partial charge on any atom is -0.381 e. The van der Waals surface area contributed by atoms with Gasteiger partial charge < -0.3 is 10.5 Å². The van der Waals surface area contributed by atoms with Crippen LogP contribution in [0.1, 0.15) is 6.42 Å². The van der Waals surface area contributed by atoms with Gasteiger partial charge in [0.15, 0.2) is 0 Å². The minimum atomic E-state index is 1.00. The Hall–Kier alpha value is -0.0800. The maximum absolute atomic E-state index is 4.72. The normalized spacial score (nSPS) is 17.0. The summed E-state index contributed by atoms with van der Waals surface area (Å²) in [4.78, 5) is 0. The highest BCUT2D eigenvalue weighted by atomic mass is 16.5. The van der Waals surface area contributed by atoms with Crippen LogP contribution in [-0.4, -0.2) is 20.3 Å². The second kappa shape index (κ2) is 4.92. The van der Waals surface area contributed by atoms with E-state index in [9.17, 15) is 0 Å². The molecular weight excluding hydrogens is 78.0 g/mol. The van der Waals surface area contributed by atoms with Crippen LogP contribution in [0.15, 0.2) is 0 Å². The van der Waals surface area contributed by atoms with Gasteiger partial charge in [0.2, 0.25) is 0 Å². The van der Waals surface area contributed by atoms with Crippen LogP contribution in [-0.2, 0) is 4.74 Å². The SMILES string of the molecule is C1COC1.CN. The van der Waals surface area contributed by atoms with Crippen molar-refractivity contribution < 1.29 is 4.74 Å². The Morgan fingerprint density at radius 2 is 1.50 bits per heavy atom. The molecule has 1 rings (SSSR count). The number of rotatable bonds is 0. The molecule has 0 aromatic heterocycles. The molecule has 0 atom stereocenters. The van der Waals surface area contributed by atoms with Crippen LogP contribution in [0.3, 0.4) is 0 Å². The predicted octanol–water partition coefficient (Wildman–Crippen LogP) is -0.0184. The molecule has 2 nitrogen and oxygen atoms in total. The summed E-state index contributed by atoms with van der Waals surface area (Å²) in [5.74, 6) is 0. The fourth-order valence-electron chi connectivity index (χ4n) is 0.144. The van der Waals surface area contributed by atoms with Crippen molar-refractivity contribution in [2.75, 3.05) is 20.3 Å². The summed E-state index contributed by atoms with van der Waals surface area (Å²) in [7, 11) is 1.50. The lowest BCUT2D eigenvalue weighted by Crippen LogP contribution is -2.09. The number of nitrogens with two attached hydrogens (primary N) is 1. The Bertz CT molecular complexity index is 15.5. The smallest absolute Gasteiger partial charge is 0.0488 e. The summed E-state index contributed by atoms with van der Waals surface area (Å²) in [5.41, 5.74) is 4.50. The van der Waals surface area contributed by atoms with Crippen molar-refractivity contribution in [1.82, 2.24) is 0 Å². The zero-order valence-electron chi connectivity index (χ0n) is 4.11. The largest absolute Gasteiger partial charge is 0.381 e. The summed E-state index contributed by atoms with van der Waals surface area (Å²) in [6.45, 7) is 2.00. The fourth-order valence-corrected chi connectivity index (χ4v) is 0.144. The molecule has 0 unspecified atom stereocenters. The van der Waals surface area contributed by atoms with Crippen molar-refractivity contribution in [2.24, 2.45) is 5.73 Å². The molecular formula is C4H11NO. The van der Waals surface area contributed by atoms with E-state index in [0.717, 1.165) is 13.2 Å². The van der Waals surface area contributed by atoms with Gasteiger partial charge in [0, 0.05) is 13.2 Å². The maximum Gasteiger partial charge on any atom is 0.0488 e. The summed E-state index contributed by atoms with van der Waals surface area (Å²) >= 11 is 0. The number of ether oxygens (including phenoxy) is 1. The second-order valence-corrected chi connectivity index (χ2v) is 0.966. The number of hydrogen-bond donors (Lipinski definition) is 1. The van der Waals surface area contributed by atoms with E-state index in [-0.39, 0.29) is 0 Å². The lowest BCUT2D eigenvalue weighted by molar-refractivity contribution is 0.0367. The Balaban J connectivity index is 0.000000112. The molecule has 0 radical (unpaired) electrons. The van der Waals surface area contributed by atoms with Gasteiger partial charge in [0.1, 0.15) is 0 Å². The van der Waals surface area contributed by atoms with Crippen LogP contribution >= 0.6 is 0 Å². The first-order valence-corrected chi connectivity index (χ1v) is 2.15. The van der Waals surface area contributed by atoms with E-state index in [1.54, 1.807) is 0 Å². The molecule has 0 aliphatic carbocycles. The first-order valence-electron chi connectivity index (χ1n) is 2.15. The van der Waals surface area contributed by atoms with E-state index in [1.807, 2.05) is 0 Å². The molecule has 0 spiro atoms. The van der Waals surface area contributed by atoms with E-state index >= 15 is 0 Å². The van der Waals surface area contributed by atoms with Gasteiger partial charge in [0.25, 0.3) is 0 Å². The van der Waals surface area contributed by atoms with Crippen molar-refractivity contribution >= 4 is 0 Å². The predicted molar refractivity (Wildman–Crippen MR) is 25.5 cm³/mol. The minimum absolute atomic E-state index is 1.00. The zero-order valence-corrected chi connectivity index (χ0v) is 4.11. The van der Waals surface area contributed by atoms with E-state index < -0.39 is 0 Å². The quantitative estimate of drug-likeness (QED) is 0.452. The van der Waals surface area contributed by atoms with Crippen LogP contribution in [0.4, 0.5) is 0 Å². The van der Waals surface area contributed by atoms with Gasteiger partial charge in [-0.25, -0.2) is 0 Å². The molecule has 38 valence electrons. The third-order valence-corrected chi connectivity index (χ3v) is 0.577. The molecule has 2 heteroatoms. The van der Waals surface area contributed by atoms with Crippen molar-refractivity contribution in [3.05, 3.63) is 0 Å². The molecule has 0 amide bonds. The van der Waals surface area contributed by atoms with Gasteiger partial charge >= 0.3 is 0 Å². The molecule has 1 aliphatic rings. The van der Waals surface area contributed by atoms with Gasteiger partial charge in [-0.2, -0.15) is 0 Å². The van der Waals surface area contributed by atoms with Crippen molar-refractivity contribution in [3.8, 4) is 0 Å². The second-order valence-electron chi connectivity index (χ2n) is 0.966. The van der Waals surface area contributed by atoms with Gasteiger partial charge in [0.05, 0.1) is 0 Å².